The van der Waals surface area contributed by atoms with Crippen molar-refractivity contribution in [3.8, 4) is 5.75 Å². The van der Waals surface area contributed by atoms with E-state index in [2.05, 4.69) is 27.9 Å². The molecule has 1 N–H and O–H groups in total. The lowest BCUT2D eigenvalue weighted by Gasteiger charge is -2.07. The second-order valence-electron chi connectivity index (χ2n) is 4.01. The second-order valence-corrected chi connectivity index (χ2v) is 5.25. The van der Waals surface area contributed by atoms with Crippen LogP contribution in [0.4, 0.5) is 0 Å². The largest absolute Gasteiger partial charge is 0.484 e. The van der Waals surface area contributed by atoms with Crippen molar-refractivity contribution in [1.82, 2.24) is 5.32 Å². The van der Waals surface area contributed by atoms with E-state index in [0.29, 0.717) is 12.3 Å². The molecule has 0 bridgehead atoms. The lowest BCUT2D eigenvalue weighted by molar-refractivity contribution is -0.123. The van der Waals surface area contributed by atoms with Gasteiger partial charge in [-0.15, -0.1) is 0 Å². The number of rotatable bonds is 5. The van der Waals surface area contributed by atoms with E-state index in [1.807, 2.05) is 54.6 Å². The maximum Gasteiger partial charge on any atom is 0.258 e. The molecule has 19 heavy (non-hydrogen) atoms. The number of hydrogen-bond donors (Lipinski definition) is 1. The quantitative estimate of drug-likeness (QED) is 0.826. The lowest BCUT2D eigenvalue weighted by atomic mass is 10.2. The van der Waals surface area contributed by atoms with Crippen LogP contribution in [0.1, 0.15) is 5.56 Å². The molecule has 0 fully saturated rings. The molecule has 2 rings (SSSR count). The van der Waals surface area contributed by atoms with Crippen molar-refractivity contribution in [2.75, 3.05) is 6.61 Å². The van der Waals surface area contributed by atoms with E-state index in [1.165, 1.54) is 0 Å². The average molecular weight is 367 g/mol. The summed E-state index contributed by atoms with van der Waals surface area (Å²) in [4.78, 5) is 11.6. The molecule has 0 aliphatic heterocycles. The van der Waals surface area contributed by atoms with Gasteiger partial charge in [-0.1, -0.05) is 36.4 Å². The van der Waals surface area contributed by atoms with E-state index in [9.17, 15) is 4.79 Å². The van der Waals surface area contributed by atoms with Crippen molar-refractivity contribution in [3.05, 3.63) is 63.7 Å². The van der Waals surface area contributed by atoms with Gasteiger partial charge in [0.05, 0.1) is 0 Å². The molecule has 0 aliphatic carbocycles. The highest BCUT2D eigenvalue weighted by atomic mass is 127. The summed E-state index contributed by atoms with van der Waals surface area (Å²) in [6.45, 7) is 0.558. The molecule has 0 radical (unpaired) electrons. The summed E-state index contributed by atoms with van der Waals surface area (Å²) in [6.07, 6.45) is 0. The van der Waals surface area contributed by atoms with Crippen LogP contribution >= 0.6 is 22.6 Å². The highest BCUT2D eigenvalue weighted by molar-refractivity contribution is 14.1. The van der Waals surface area contributed by atoms with Gasteiger partial charge in [0.25, 0.3) is 5.91 Å². The Morgan fingerprint density at radius 1 is 1.11 bits per heavy atom. The standard InChI is InChI=1S/C15H14INO2/c16-13-7-4-8-14(9-13)19-11-15(18)17-10-12-5-2-1-3-6-12/h1-9H,10-11H2,(H,17,18). The van der Waals surface area contributed by atoms with Crippen molar-refractivity contribution in [1.29, 1.82) is 0 Å². The predicted octanol–water partition coefficient (Wildman–Crippen LogP) is 2.99. The fraction of sp³-hybridized carbons (Fsp3) is 0.133. The SMILES string of the molecule is O=C(COc1cccc(I)c1)NCc1ccccc1. The molecule has 0 saturated heterocycles. The third-order valence-corrected chi connectivity index (χ3v) is 3.17. The average Bonchev–Trinajstić information content (AvgIpc) is 2.44. The van der Waals surface area contributed by atoms with Crippen molar-refractivity contribution in [2.45, 2.75) is 6.54 Å². The summed E-state index contributed by atoms with van der Waals surface area (Å²) in [6, 6.07) is 17.4. The first-order valence-corrected chi connectivity index (χ1v) is 7.01. The Balaban J connectivity index is 1.76. The third kappa shape index (κ3) is 4.90. The van der Waals surface area contributed by atoms with Gasteiger partial charge in [0.1, 0.15) is 5.75 Å². The second kappa shape index (κ2) is 7.13. The summed E-state index contributed by atoms with van der Waals surface area (Å²) in [5, 5.41) is 2.82. The molecular formula is C15H14INO2. The van der Waals surface area contributed by atoms with Crippen LogP contribution in [0.25, 0.3) is 0 Å². The van der Waals surface area contributed by atoms with Gasteiger partial charge in [-0.2, -0.15) is 0 Å². The van der Waals surface area contributed by atoms with Gasteiger partial charge in [-0.25, -0.2) is 0 Å². The highest BCUT2D eigenvalue weighted by Crippen LogP contribution is 2.14. The molecular weight excluding hydrogens is 353 g/mol. The van der Waals surface area contributed by atoms with Gasteiger partial charge in [0.2, 0.25) is 0 Å². The monoisotopic (exact) mass is 367 g/mol. The summed E-state index contributed by atoms with van der Waals surface area (Å²) in [5.41, 5.74) is 1.07. The number of carbonyl (C=O) groups is 1. The molecule has 0 aliphatic rings. The first-order valence-electron chi connectivity index (χ1n) is 5.93. The molecule has 4 heteroatoms. The molecule has 0 saturated carbocycles. The number of hydrogen-bond acceptors (Lipinski definition) is 2. The van der Waals surface area contributed by atoms with Crippen LogP contribution < -0.4 is 10.1 Å². The Labute approximate surface area is 126 Å². The maximum atomic E-state index is 11.6. The van der Waals surface area contributed by atoms with Gasteiger partial charge in [-0.3, -0.25) is 4.79 Å². The Hall–Kier alpha value is -1.56. The van der Waals surface area contributed by atoms with Crippen molar-refractivity contribution >= 4 is 28.5 Å². The molecule has 2 aromatic rings. The normalized spacial score (nSPS) is 9.95. The molecule has 0 atom stereocenters. The number of carbonyl (C=O) groups excluding carboxylic acids is 1. The van der Waals surface area contributed by atoms with Gasteiger partial charge >= 0.3 is 0 Å². The minimum Gasteiger partial charge on any atom is -0.484 e. The summed E-state index contributed by atoms with van der Waals surface area (Å²) >= 11 is 2.21. The molecule has 0 unspecified atom stereocenters. The van der Waals surface area contributed by atoms with Crippen LogP contribution in [0.3, 0.4) is 0 Å². The fourth-order valence-corrected chi connectivity index (χ4v) is 2.07. The zero-order valence-electron chi connectivity index (χ0n) is 10.3. The first kappa shape index (κ1) is 13.9. The van der Waals surface area contributed by atoms with E-state index in [-0.39, 0.29) is 12.5 Å². The van der Waals surface area contributed by atoms with E-state index < -0.39 is 0 Å². The number of amides is 1. The summed E-state index contributed by atoms with van der Waals surface area (Å²) in [5.74, 6) is 0.587. The Bertz CT molecular complexity index is 543. The molecule has 98 valence electrons. The van der Waals surface area contributed by atoms with Gasteiger partial charge < -0.3 is 10.1 Å². The Morgan fingerprint density at radius 3 is 2.63 bits per heavy atom. The minimum absolute atomic E-state index is 0.0346. The molecule has 0 spiro atoms. The zero-order valence-corrected chi connectivity index (χ0v) is 12.5. The van der Waals surface area contributed by atoms with E-state index in [0.717, 1.165) is 9.13 Å². The summed E-state index contributed by atoms with van der Waals surface area (Å²) in [7, 11) is 0. The number of benzene rings is 2. The molecule has 0 aromatic heterocycles. The fourth-order valence-electron chi connectivity index (χ4n) is 1.55. The Morgan fingerprint density at radius 2 is 1.89 bits per heavy atom. The van der Waals surface area contributed by atoms with Crippen LogP contribution in [-0.2, 0) is 11.3 Å². The number of nitrogens with one attached hydrogen (secondary N) is 1. The van der Waals surface area contributed by atoms with E-state index in [4.69, 9.17) is 4.74 Å². The number of halogens is 1. The first-order chi connectivity index (χ1) is 9.24. The lowest BCUT2D eigenvalue weighted by Crippen LogP contribution is -2.28. The van der Waals surface area contributed by atoms with Crippen LogP contribution in [-0.4, -0.2) is 12.5 Å². The van der Waals surface area contributed by atoms with E-state index >= 15 is 0 Å². The van der Waals surface area contributed by atoms with Crippen molar-refractivity contribution in [2.24, 2.45) is 0 Å². The Kier molecular flexibility index (Phi) is 5.20. The molecule has 2 aromatic carbocycles. The molecule has 0 heterocycles. The van der Waals surface area contributed by atoms with Crippen LogP contribution in [0.2, 0.25) is 0 Å². The minimum atomic E-state index is -0.122. The van der Waals surface area contributed by atoms with Crippen LogP contribution in [0.5, 0.6) is 5.75 Å². The van der Waals surface area contributed by atoms with Crippen LogP contribution in [0.15, 0.2) is 54.6 Å². The van der Waals surface area contributed by atoms with Crippen molar-refractivity contribution < 1.29 is 9.53 Å². The summed E-state index contributed by atoms with van der Waals surface area (Å²) < 4.78 is 6.50. The topological polar surface area (TPSA) is 38.3 Å². The van der Waals surface area contributed by atoms with Gasteiger partial charge in [-0.05, 0) is 46.4 Å². The van der Waals surface area contributed by atoms with E-state index in [1.54, 1.807) is 0 Å². The zero-order chi connectivity index (χ0) is 13.5. The highest BCUT2D eigenvalue weighted by Gasteiger charge is 2.02. The predicted molar refractivity (Wildman–Crippen MR) is 82.9 cm³/mol. The maximum absolute atomic E-state index is 11.6. The van der Waals surface area contributed by atoms with Crippen molar-refractivity contribution in [3.63, 3.8) is 0 Å². The smallest absolute Gasteiger partial charge is 0.258 e. The number of ether oxygens (including phenoxy) is 1. The van der Waals surface area contributed by atoms with Gasteiger partial charge in [0.15, 0.2) is 6.61 Å². The third-order valence-electron chi connectivity index (χ3n) is 2.50. The van der Waals surface area contributed by atoms with Crippen LogP contribution in [0, 0.1) is 3.57 Å². The van der Waals surface area contributed by atoms with Gasteiger partial charge in [0, 0.05) is 10.1 Å². The molecule has 3 nitrogen and oxygen atoms in total. The molecule has 1 amide bonds.